The maximum atomic E-state index is 12.9. The first-order valence-corrected chi connectivity index (χ1v) is 9.15. The zero-order valence-corrected chi connectivity index (χ0v) is 17.2. The topological polar surface area (TPSA) is 102 Å². The summed E-state index contributed by atoms with van der Waals surface area (Å²) in [7, 11) is 2.64. The van der Waals surface area contributed by atoms with E-state index in [0.717, 1.165) is 4.90 Å². The number of carbonyl (C=O) groups excluding carboxylic acids is 4. The Morgan fingerprint density at radius 2 is 1.63 bits per heavy atom. The van der Waals surface area contributed by atoms with E-state index >= 15 is 0 Å². The molecule has 2 aromatic carbocycles. The molecule has 1 N–H and O–H groups in total. The monoisotopic (exact) mass is 448 g/mol. The van der Waals surface area contributed by atoms with Crippen LogP contribution in [0.1, 0.15) is 15.9 Å². The van der Waals surface area contributed by atoms with Gasteiger partial charge in [-0.05, 0) is 48.0 Å². The number of ether oxygens (including phenoxy) is 2. The van der Waals surface area contributed by atoms with E-state index in [2.05, 4.69) is 10.1 Å². The Morgan fingerprint density at radius 3 is 2.17 bits per heavy atom. The second-order valence-corrected chi connectivity index (χ2v) is 6.83. The zero-order valence-electron chi connectivity index (χ0n) is 15.7. The highest BCUT2D eigenvalue weighted by Crippen LogP contribution is 2.34. The number of benzene rings is 2. The van der Waals surface area contributed by atoms with E-state index in [1.54, 1.807) is 0 Å². The third-order valence-electron chi connectivity index (χ3n) is 4.18. The number of esters is 1. The van der Waals surface area contributed by atoms with E-state index in [0.29, 0.717) is 5.56 Å². The molecule has 3 rings (SSSR count). The van der Waals surface area contributed by atoms with Crippen LogP contribution in [-0.4, -0.2) is 38.0 Å². The minimum atomic E-state index is -0.918. The first kappa shape index (κ1) is 21.4. The van der Waals surface area contributed by atoms with Gasteiger partial charge >= 0.3 is 12.0 Å². The van der Waals surface area contributed by atoms with E-state index in [9.17, 15) is 19.2 Å². The number of nitrogens with one attached hydrogen (secondary N) is 1. The van der Waals surface area contributed by atoms with Crippen LogP contribution in [0, 0.1) is 0 Å². The van der Waals surface area contributed by atoms with E-state index in [1.807, 2.05) is 0 Å². The van der Waals surface area contributed by atoms with Crippen LogP contribution < -0.4 is 15.0 Å². The van der Waals surface area contributed by atoms with Crippen LogP contribution in [0.5, 0.6) is 5.75 Å². The molecule has 0 radical (unpaired) electrons. The number of rotatable bonds is 4. The summed E-state index contributed by atoms with van der Waals surface area (Å²) in [5, 5.41) is 2.48. The van der Waals surface area contributed by atoms with Crippen molar-refractivity contribution in [1.29, 1.82) is 0 Å². The Labute approximate surface area is 181 Å². The number of hydrogen-bond acceptors (Lipinski definition) is 6. The molecule has 4 amide bonds. The molecule has 1 fully saturated rings. The Morgan fingerprint density at radius 1 is 1.03 bits per heavy atom. The summed E-state index contributed by atoms with van der Waals surface area (Å²) in [4.78, 5) is 49.8. The zero-order chi connectivity index (χ0) is 22.0. The van der Waals surface area contributed by atoms with Crippen LogP contribution in [0.2, 0.25) is 10.0 Å². The number of barbiturate groups is 1. The lowest BCUT2D eigenvalue weighted by molar-refractivity contribution is -0.122. The number of imide groups is 2. The number of methoxy groups -OCH3 is 2. The predicted molar refractivity (Wildman–Crippen MR) is 110 cm³/mol. The molecule has 0 atom stereocenters. The molecule has 0 aliphatic carbocycles. The van der Waals surface area contributed by atoms with Gasteiger partial charge in [-0.3, -0.25) is 14.9 Å². The molecule has 1 heterocycles. The first-order valence-electron chi connectivity index (χ1n) is 8.39. The molecule has 2 aromatic rings. The fraction of sp³-hybridized carbons (Fsp3) is 0.100. The highest BCUT2D eigenvalue weighted by atomic mass is 35.5. The molecule has 30 heavy (non-hydrogen) atoms. The van der Waals surface area contributed by atoms with Crippen LogP contribution in [0.4, 0.5) is 10.5 Å². The number of urea groups is 1. The third-order valence-corrected chi connectivity index (χ3v) is 4.75. The molecule has 1 aliphatic rings. The van der Waals surface area contributed by atoms with Crippen LogP contribution in [-0.2, 0) is 14.3 Å². The van der Waals surface area contributed by atoms with Gasteiger partial charge in [-0.1, -0.05) is 23.2 Å². The van der Waals surface area contributed by atoms with E-state index < -0.39 is 23.8 Å². The fourth-order valence-electron chi connectivity index (χ4n) is 2.78. The normalized spacial score (nSPS) is 15.3. The standard InChI is InChI=1S/C20H14Cl2N2O6/c1-29-16-14(21)8-10(9-15(16)22)7-13-17(25)23-20(28)24(18(13)26)12-5-3-11(4-6-12)19(27)30-2/h3-9H,1-2H3,(H,23,25,28)/b13-7+. The number of anilines is 1. The lowest BCUT2D eigenvalue weighted by Crippen LogP contribution is -2.54. The van der Waals surface area contributed by atoms with Crippen LogP contribution in [0.25, 0.3) is 6.08 Å². The summed E-state index contributed by atoms with van der Waals surface area (Å²) in [5.74, 6) is -2.03. The van der Waals surface area contributed by atoms with Crippen molar-refractivity contribution in [2.24, 2.45) is 0 Å². The fourth-order valence-corrected chi connectivity index (χ4v) is 3.44. The Kier molecular flexibility index (Phi) is 6.09. The second kappa shape index (κ2) is 8.56. The van der Waals surface area contributed by atoms with E-state index in [1.165, 1.54) is 56.7 Å². The lowest BCUT2D eigenvalue weighted by Gasteiger charge is -2.26. The molecule has 0 aromatic heterocycles. The number of carbonyl (C=O) groups is 4. The maximum Gasteiger partial charge on any atom is 0.337 e. The molecular weight excluding hydrogens is 435 g/mol. The Hall–Kier alpha value is -3.36. The van der Waals surface area contributed by atoms with Gasteiger partial charge in [0.15, 0.2) is 5.75 Å². The SMILES string of the molecule is COC(=O)c1ccc(N2C(=O)NC(=O)/C(=C\c3cc(Cl)c(OC)c(Cl)c3)C2=O)cc1. The van der Waals surface area contributed by atoms with Crippen molar-refractivity contribution in [3.05, 3.63) is 63.1 Å². The number of amides is 4. The van der Waals surface area contributed by atoms with Crippen molar-refractivity contribution in [2.75, 3.05) is 19.1 Å². The Bertz CT molecular complexity index is 1070. The van der Waals surface area contributed by atoms with Crippen LogP contribution in [0.3, 0.4) is 0 Å². The summed E-state index contributed by atoms with van der Waals surface area (Å²) in [6, 6.07) is 7.57. The predicted octanol–water partition coefficient (Wildman–Crippen LogP) is 3.46. The number of nitrogens with zero attached hydrogens (tertiary/aromatic N) is 1. The van der Waals surface area contributed by atoms with Gasteiger partial charge < -0.3 is 9.47 Å². The number of hydrogen-bond donors (Lipinski definition) is 1. The van der Waals surface area contributed by atoms with Gasteiger partial charge in [0.1, 0.15) is 5.57 Å². The molecule has 1 saturated heterocycles. The second-order valence-electron chi connectivity index (χ2n) is 6.01. The van der Waals surface area contributed by atoms with Crippen molar-refractivity contribution < 1.29 is 28.7 Å². The molecular formula is C20H14Cl2N2O6. The molecule has 0 bridgehead atoms. The average molecular weight is 449 g/mol. The molecule has 154 valence electrons. The summed E-state index contributed by atoms with van der Waals surface area (Å²) in [6.07, 6.45) is 1.26. The third kappa shape index (κ3) is 4.00. The summed E-state index contributed by atoms with van der Waals surface area (Å²) >= 11 is 12.2. The van der Waals surface area contributed by atoms with E-state index in [4.69, 9.17) is 27.9 Å². The molecule has 0 unspecified atom stereocenters. The quantitative estimate of drug-likeness (QED) is 0.436. The van der Waals surface area contributed by atoms with Gasteiger partial charge in [-0.2, -0.15) is 0 Å². The minimum absolute atomic E-state index is 0.161. The minimum Gasteiger partial charge on any atom is -0.494 e. The molecule has 10 heteroatoms. The molecule has 1 aliphatic heterocycles. The van der Waals surface area contributed by atoms with Gasteiger partial charge in [0, 0.05) is 0 Å². The maximum absolute atomic E-state index is 12.9. The first-order chi connectivity index (χ1) is 14.3. The van der Waals surface area contributed by atoms with Crippen molar-refractivity contribution in [3.8, 4) is 5.75 Å². The van der Waals surface area contributed by atoms with Crippen molar-refractivity contribution in [2.45, 2.75) is 0 Å². The van der Waals surface area contributed by atoms with Gasteiger partial charge in [-0.15, -0.1) is 0 Å². The molecule has 8 nitrogen and oxygen atoms in total. The van der Waals surface area contributed by atoms with Crippen molar-refractivity contribution in [3.63, 3.8) is 0 Å². The Balaban J connectivity index is 1.99. The highest BCUT2D eigenvalue weighted by molar-refractivity contribution is 6.40. The van der Waals surface area contributed by atoms with Crippen molar-refractivity contribution >= 4 is 58.8 Å². The van der Waals surface area contributed by atoms with E-state index in [-0.39, 0.29) is 32.6 Å². The van der Waals surface area contributed by atoms with Gasteiger partial charge in [0.2, 0.25) is 0 Å². The average Bonchev–Trinajstić information content (AvgIpc) is 2.70. The van der Waals surface area contributed by atoms with Gasteiger partial charge in [0.25, 0.3) is 11.8 Å². The smallest absolute Gasteiger partial charge is 0.337 e. The van der Waals surface area contributed by atoms with Gasteiger partial charge in [-0.25, -0.2) is 14.5 Å². The summed E-state index contributed by atoms with van der Waals surface area (Å²) in [6.45, 7) is 0. The van der Waals surface area contributed by atoms with Crippen LogP contribution in [0.15, 0.2) is 42.0 Å². The molecule has 0 saturated carbocycles. The summed E-state index contributed by atoms with van der Waals surface area (Å²) < 4.78 is 9.68. The lowest BCUT2D eigenvalue weighted by atomic mass is 10.1. The van der Waals surface area contributed by atoms with Crippen molar-refractivity contribution in [1.82, 2.24) is 5.32 Å². The number of halogens is 2. The summed E-state index contributed by atoms with van der Waals surface area (Å²) in [5.41, 5.74) is 0.457. The molecule has 0 spiro atoms. The highest BCUT2D eigenvalue weighted by Gasteiger charge is 2.36. The largest absolute Gasteiger partial charge is 0.494 e. The van der Waals surface area contributed by atoms with Gasteiger partial charge in [0.05, 0.1) is 35.5 Å². The van der Waals surface area contributed by atoms with Crippen LogP contribution >= 0.6 is 23.2 Å².